The summed E-state index contributed by atoms with van der Waals surface area (Å²) in [4.78, 5) is 25.6. The number of aromatic nitrogens is 2. The van der Waals surface area contributed by atoms with Crippen LogP contribution >= 0.6 is 0 Å². The van der Waals surface area contributed by atoms with Crippen molar-refractivity contribution in [3.8, 4) is 0 Å². The van der Waals surface area contributed by atoms with Crippen molar-refractivity contribution in [3.05, 3.63) is 89.4 Å². The highest BCUT2D eigenvalue weighted by molar-refractivity contribution is 5.94. The molecule has 3 aromatic carbocycles. The SMILES string of the molecule is Cc1cc(C(C)Nc2ccccc2C(=O)O)c2nc(N3CCN(c4ccccc4F)CC3)cnc2c1. The van der Waals surface area contributed by atoms with Crippen LogP contribution in [0.15, 0.2) is 66.9 Å². The summed E-state index contributed by atoms with van der Waals surface area (Å²) in [7, 11) is 0. The predicted octanol–water partition coefficient (Wildman–Crippen LogP) is 5.28. The topological polar surface area (TPSA) is 81.6 Å². The fraction of sp³-hybridized carbons (Fsp3) is 0.250. The molecule has 2 heterocycles. The van der Waals surface area contributed by atoms with Gasteiger partial charge in [-0.15, -0.1) is 0 Å². The number of piperazine rings is 1. The molecular weight excluding hydrogens is 457 g/mol. The summed E-state index contributed by atoms with van der Waals surface area (Å²) >= 11 is 0. The number of nitrogens with zero attached hydrogens (tertiary/aromatic N) is 4. The smallest absolute Gasteiger partial charge is 0.337 e. The number of anilines is 3. The summed E-state index contributed by atoms with van der Waals surface area (Å²) < 4.78 is 14.2. The number of aromatic carboxylic acids is 1. The number of fused-ring (bicyclic) bond motifs is 1. The van der Waals surface area contributed by atoms with Gasteiger partial charge in [0.15, 0.2) is 0 Å². The largest absolute Gasteiger partial charge is 0.478 e. The molecule has 36 heavy (non-hydrogen) atoms. The average Bonchev–Trinajstić information content (AvgIpc) is 2.88. The van der Waals surface area contributed by atoms with E-state index in [4.69, 9.17) is 9.97 Å². The van der Waals surface area contributed by atoms with Crippen LogP contribution in [0.3, 0.4) is 0 Å². The molecule has 2 N–H and O–H groups in total. The second kappa shape index (κ2) is 9.81. The van der Waals surface area contributed by atoms with Gasteiger partial charge in [-0.05, 0) is 49.7 Å². The second-order valence-electron chi connectivity index (χ2n) is 9.09. The van der Waals surface area contributed by atoms with Gasteiger partial charge in [0, 0.05) is 37.4 Å². The first-order valence-corrected chi connectivity index (χ1v) is 12.0. The highest BCUT2D eigenvalue weighted by atomic mass is 19.1. The molecule has 8 heteroatoms. The Balaban J connectivity index is 1.41. The standard InChI is InChI=1S/C28H28FN5O2/c1-18-15-21(19(2)31-23-9-5-3-7-20(23)28(35)36)27-24(16-18)30-17-26(32-27)34-13-11-33(12-14-34)25-10-6-4-8-22(25)29/h3-10,15-17,19,31H,11-14H2,1-2H3,(H,35,36). The molecule has 4 aromatic rings. The van der Waals surface area contributed by atoms with E-state index in [2.05, 4.69) is 21.2 Å². The van der Waals surface area contributed by atoms with Crippen molar-refractivity contribution in [2.45, 2.75) is 19.9 Å². The van der Waals surface area contributed by atoms with Crippen LogP contribution < -0.4 is 15.1 Å². The third-order valence-corrected chi connectivity index (χ3v) is 6.60. The molecule has 1 aliphatic rings. The fourth-order valence-electron chi connectivity index (χ4n) is 4.75. The van der Waals surface area contributed by atoms with Crippen molar-refractivity contribution in [1.82, 2.24) is 9.97 Å². The number of carboxylic acids is 1. The van der Waals surface area contributed by atoms with Gasteiger partial charge in [-0.25, -0.2) is 14.2 Å². The molecule has 0 aliphatic carbocycles. The Hall–Kier alpha value is -4.20. The van der Waals surface area contributed by atoms with Crippen LogP contribution in [0, 0.1) is 12.7 Å². The highest BCUT2D eigenvalue weighted by Gasteiger charge is 2.22. The van der Waals surface area contributed by atoms with Crippen molar-refractivity contribution in [1.29, 1.82) is 0 Å². The molecule has 1 aliphatic heterocycles. The van der Waals surface area contributed by atoms with Gasteiger partial charge in [0.2, 0.25) is 0 Å². The highest BCUT2D eigenvalue weighted by Crippen LogP contribution is 2.30. The van der Waals surface area contributed by atoms with Crippen LogP contribution in [-0.2, 0) is 0 Å². The van der Waals surface area contributed by atoms with Gasteiger partial charge in [-0.1, -0.05) is 30.3 Å². The number of para-hydroxylation sites is 2. The van der Waals surface area contributed by atoms with Gasteiger partial charge in [-0.2, -0.15) is 0 Å². The van der Waals surface area contributed by atoms with Gasteiger partial charge in [-0.3, -0.25) is 4.98 Å². The van der Waals surface area contributed by atoms with E-state index in [9.17, 15) is 14.3 Å². The zero-order valence-electron chi connectivity index (χ0n) is 20.3. The summed E-state index contributed by atoms with van der Waals surface area (Å²) in [5, 5.41) is 12.9. The minimum absolute atomic E-state index is 0.199. The fourth-order valence-corrected chi connectivity index (χ4v) is 4.75. The molecule has 1 saturated heterocycles. The minimum atomic E-state index is -0.976. The van der Waals surface area contributed by atoms with E-state index in [-0.39, 0.29) is 17.4 Å². The molecule has 0 bridgehead atoms. The Morgan fingerprint density at radius 2 is 1.72 bits per heavy atom. The van der Waals surface area contributed by atoms with E-state index in [0.29, 0.717) is 37.6 Å². The molecule has 1 aromatic heterocycles. The summed E-state index contributed by atoms with van der Waals surface area (Å²) in [6, 6.07) is 17.6. The first kappa shape index (κ1) is 23.5. The number of hydrogen-bond acceptors (Lipinski definition) is 6. The molecule has 7 nitrogen and oxygen atoms in total. The van der Waals surface area contributed by atoms with Gasteiger partial charge in [0.1, 0.15) is 11.6 Å². The molecule has 1 atom stereocenters. The molecule has 1 fully saturated rings. The number of hydrogen-bond donors (Lipinski definition) is 2. The van der Waals surface area contributed by atoms with Gasteiger partial charge >= 0.3 is 5.97 Å². The quantitative estimate of drug-likeness (QED) is 0.385. The van der Waals surface area contributed by atoms with Crippen LogP contribution in [0.25, 0.3) is 11.0 Å². The Morgan fingerprint density at radius 1 is 1.03 bits per heavy atom. The lowest BCUT2D eigenvalue weighted by molar-refractivity contribution is 0.0698. The van der Waals surface area contributed by atoms with E-state index in [1.54, 1.807) is 30.5 Å². The van der Waals surface area contributed by atoms with Crippen molar-refractivity contribution >= 4 is 34.2 Å². The number of carbonyl (C=O) groups is 1. The van der Waals surface area contributed by atoms with Crippen molar-refractivity contribution in [2.75, 3.05) is 41.3 Å². The average molecular weight is 486 g/mol. The van der Waals surface area contributed by atoms with Crippen molar-refractivity contribution in [3.63, 3.8) is 0 Å². The zero-order chi connectivity index (χ0) is 25.2. The van der Waals surface area contributed by atoms with Crippen LogP contribution in [-0.4, -0.2) is 47.2 Å². The molecule has 184 valence electrons. The third-order valence-electron chi connectivity index (χ3n) is 6.60. The summed E-state index contributed by atoms with van der Waals surface area (Å²) in [6.07, 6.45) is 1.79. The van der Waals surface area contributed by atoms with E-state index in [1.807, 2.05) is 38.1 Å². The minimum Gasteiger partial charge on any atom is -0.478 e. The van der Waals surface area contributed by atoms with Gasteiger partial charge in [0.05, 0.1) is 34.5 Å². The summed E-state index contributed by atoms with van der Waals surface area (Å²) in [6.45, 7) is 6.79. The van der Waals surface area contributed by atoms with Gasteiger partial charge in [0.25, 0.3) is 0 Å². The Labute approximate surface area is 209 Å². The Bertz CT molecular complexity index is 1420. The van der Waals surface area contributed by atoms with E-state index in [1.165, 1.54) is 6.07 Å². The third kappa shape index (κ3) is 4.66. The summed E-state index contributed by atoms with van der Waals surface area (Å²) in [5.41, 5.74) is 4.98. The maximum atomic E-state index is 14.2. The predicted molar refractivity (Wildman–Crippen MR) is 141 cm³/mol. The van der Waals surface area contributed by atoms with Crippen LogP contribution in [0.2, 0.25) is 0 Å². The first-order valence-electron chi connectivity index (χ1n) is 12.0. The van der Waals surface area contributed by atoms with Crippen LogP contribution in [0.4, 0.5) is 21.6 Å². The number of halogens is 1. The number of nitrogens with one attached hydrogen (secondary N) is 1. The van der Waals surface area contributed by atoms with Crippen LogP contribution in [0.5, 0.6) is 0 Å². The zero-order valence-corrected chi connectivity index (χ0v) is 20.3. The second-order valence-corrected chi connectivity index (χ2v) is 9.09. The molecule has 5 rings (SSSR count). The lowest BCUT2D eigenvalue weighted by atomic mass is 10.0. The maximum absolute atomic E-state index is 14.2. The lowest BCUT2D eigenvalue weighted by Gasteiger charge is -2.36. The monoisotopic (exact) mass is 485 g/mol. The molecule has 0 radical (unpaired) electrons. The number of aryl methyl sites for hydroxylation is 1. The Morgan fingerprint density at radius 3 is 2.47 bits per heavy atom. The van der Waals surface area contributed by atoms with E-state index < -0.39 is 5.97 Å². The molecule has 0 spiro atoms. The Kier molecular flexibility index (Phi) is 6.41. The lowest BCUT2D eigenvalue weighted by Crippen LogP contribution is -2.47. The number of carboxylic acid groups (broad SMARTS) is 1. The van der Waals surface area contributed by atoms with Gasteiger partial charge < -0.3 is 20.2 Å². The summed E-state index contributed by atoms with van der Waals surface area (Å²) in [5.74, 6) is -0.405. The van der Waals surface area contributed by atoms with Crippen LogP contribution in [0.1, 0.15) is 34.5 Å². The van der Waals surface area contributed by atoms with E-state index in [0.717, 1.165) is 28.0 Å². The van der Waals surface area contributed by atoms with Crippen molar-refractivity contribution in [2.24, 2.45) is 0 Å². The van der Waals surface area contributed by atoms with Crippen molar-refractivity contribution < 1.29 is 14.3 Å². The number of rotatable bonds is 6. The molecule has 1 unspecified atom stereocenters. The first-order chi connectivity index (χ1) is 17.4. The molecule has 0 saturated carbocycles. The maximum Gasteiger partial charge on any atom is 0.337 e. The molecular formula is C28H28FN5O2. The molecule has 0 amide bonds. The van der Waals surface area contributed by atoms with E-state index >= 15 is 0 Å². The number of benzene rings is 3. The normalized spacial score (nSPS) is 14.6.